The number of rotatable bonds is 7. The Kier molecular flexibility index (Phi) is 6.39. The fourth-order valence-corrected chi connectivity index (χ4v) is 1.73. The summed E-state index contributed by atoms with van der Waals surface area (Å²) in [6, 6.07) is 6.61. The lowest BCUT2D eigenvalue weighted by atomic mass is 10.1. The number of carbonyl (C=O) groups excluding carboxylic acids is 2. The van der Waals surface area contributed by atoms with Crippen LogP contribution in [0.1, 0.15) is 37.0 Å². The lowest BCUT2D eigenvalue weighted by Gasteiger charge is -2.11. The van der Waals surface area contributed by atoms with Crippen molar-refractivity contribution in [1.29, 1.82) is 0 Å². The summed E-state index contributed by atoms with van der Waals surface area (Å²) >= 11 is 0. The quantitative estimate of drug-likeness (QED) is 0.715. The number of benzene rings is 1. The molecule has 0 bridgehead atoms. The van der Waals surface area contributed by atoms with Crippen molar-refractivity contribution in [2.75, 3.05) is 11.9 Å². The Morgan fingerprint density at radius 3 is 2.62 bits per heavy atom. The normalized spacial score (nSPS) is 11.5. The molecule has 1 atom stereocenters. The molecule has 6 nitrogen and oxygen atoms in total. The van der Waals surface area contributed by atoms with Crippen LogP contribution >= 0.6 is 0 Å². The molecule has 0 aliphatic rings. The molecule has 1 unspecified atom stereocenters. The molecule has 21 heavy (non-hydrogen) atoms. The first-order chi connectivity index (χ1) is 9.92. The van der Waals surface area contributed by atoms with Crippen LogP contribution in [-0.2, 0) is 9.59 Å². The van der Waals surface area contributed by atoms with Gasteiger partial charge in [-0.1, -0.05) is 19.9 Å². The minimum atomic E-state index is -0.888. The van der Waals surface area contributed by atoms with Crippen molar-refractivity contribution in [3.05, 3.63) is 29.8 Å². The van der Waals surface area contributed by atoms with Gasteiger partial charge in [0, 0.05) is 30.6 Å². The Bertz CT molecular complexity index is 528. The maximum atomic E-state index is 12.0. The van der Waals surface area contributed by atoms with Crippen molar-refractivity contribution in [2.24, 2.45) is 5.92 Å². The minimum Gasteiger partial charge on any atom is -0.481 e. The molecule has 0 radical (unpaired) electrons. The molecule has 0 aromatic heterocycles. The average molecular weight is 292 g/mol. The zero-order chi connectivity index (χ0) is 15.8. The molecule has 3 N–H and O–H groups in total. The lowest BCUT2D eigenvalue weighted by Crippen LogP contribution is -2.29. The van der Waals surface area contributed by atoms with E-state index in [1.54, 1.807) is 38.1 Å². The van der Waals surface area contributed by atoms with Crippen molar-refractivity contribution >= 4 is 23.5 Å². The highest BCUT2D eigenvalue weighted by atomic mass is 16.4. The third-order valence-electron chi connectivity index (χ3n) is 2.86. The summed E-state index contributed by atoms with van der Waals surface area (Å²) in [7, 11) is 0. The van der Waals surface area contributed by atoms with Gasteiger partial charge in [-0.05, 0) is 24.1 Å². The van der Waals surface area contributed by atoms with E-state index < -0.39 is 5.97 Å². The molecule has 1 rings (SSSR count). The van der Waals surface area contributed by atoms with E-state index in [0.717, 1.165) is 0 Å². The van der Waals surface area contributed by atoms with Crippen molar-refractivity contribution in [1.82, 2.24) is 5.32 Å². The number of carboxylic acid groups (broad SMARTS) is 1. The van der Waals surface area contributed by atoms with E-state index in [1.165, 1.54) is 0 Å². The highest BCUT2D eigenvalue weighted by Crippen LogP contribution is 2.11. The Balaban J connectivity index is 2.60. The van der Waals surface area contributed by atoms with Crippen LogP contribution in [0.3, 0.4) is 0 Å². The average Bonchev–Trinajstić information content (AvgIpc) is 2.44. The van der Waals surface area contributed by atoms with Crippen LogP contribution in [0.5, 0.6) is 0 Å². The molecule has 0 aliphatic carbocycles. The van der Waals surface area contributed by atoms with Gasteiger partial charge in [-0.3, -0.25) is 14.4 Å². The molecule has 1 aromatic carbocycles. The standard InChI is InChI=1S/C15H20N2O4/c1-3-13(18)17-12-6-4-5-11(8-12)15(21)16-9-10(2)7-14(19)20/h4-6,8,10H,3,7,9H2,1-2H3,(H,16,21)(H,17,18)(H,19,20). The predicted octanol–water partition coefficient (Wildman–Crippen LogP) is 1.88. The summed E-state index contributed by atoms with van der Waals surface area (Å²) in [6.07, 6.45) is 0.371. The van der Waals surface area contributed by atoms with E-state index in [0.29, 0.717) is 17.7 Å². The van der Waals surface area contributed by atoms with Gasteiger partial charge in [0.25, 0.3) is 5.91 Å². The van der Waals surface area contributed by atoms with Crippen molar-refractivity contribution in [2.45, 2.75) is 26.7 Å². The maximum absolute atomic E-state index is 12.0. The van der Waals surface area contributed by atoms with Crippen molar-refractivity contribution in [3.63, 3.8) is 0 Å². The fraction of sp³-hybridized carbons (Fsp3) is 0.400. The molecule has 1 aromatic rings. The number of hydrogen-bond acceptors (Lipinski definition) is 3. The van der Waals surface area contributed by atoms with Crippen LogP contribution in [-0.4, -0.2) is 29.4 Å². The smallest absolute Gasteiger partial charge is 0.303 e. The summed E-state index contributed by atoms with van der Waals surface area (Å²) < 4.78 is 0. The van der Waals surface area contributed by atoms with Gasteiger partial charge < -0.3 is 15.7 Å². The highest BCUT2D eigenvalue weighted by Gasteiger charge is 2.11. The van der Waals surface area contributed by atoms with E-state index in [4.69, 9.17) is 5.11 Å². The largest absolute Gasteiger partial charge is 0.481 e. The van der Waals surface area contributed by atoms with Gasteiger partial charge in [0.15, 0.2) is 0 Å². The lowest BCUT2D eigenvalue weighted by molar-refractivity contribution is -0.137. The molecule has 2 amide bonds. The van der Waals surface area contributed by atoms with Crippen LogP contribution in [0, 0.1) is 5.92 Å². The number of amides is 2. The number of aliphatic carboxylic acids is 1. The highest BCUT2D eigenvalue weighted by molar-refractivity contribution is 5.97. The van der Waals surface area contributed by atoms with E-state index in [9.17, 15) is 14.4 Å². The predicted molar refractivity (Wildman–Crippen MR) is 79.1 cm³/mol. The summed E-state index contributed by atoms with van der Waals surface area (Å²) in [5.41, 5.74) is 0.986. The van der Waals surface area contributed by atoms with Gasteiger partial charge in [-0.15, -0.1) is 0 Å². The SMILES string of the molecule is CCC(=O)Nc1cccc(C(=O)NCC(C)CC(=O)O)c1. The Morgan fingerprint density at radius 2 is 2.00 bits per heavy atom. The van der Waals surface area contributed by atoms with E-state index >= 15 is 0 Å². The third kappa shape index (κ3) is 6.07. The summed E-state index contributed by atoms with van der Waals surface area (Å²) in [4.78, 5) is 33.8. The summed E-state index contributed by atoms with van der Waals surface area (Å²) in [5, 5.41) is 14.0. The molecule has 0 saturated heterocycles. The van der Waals surface area contributed by atoms with Crippen LogP contribution in [0.2, 0.25) is 0 Å². The molecule has 0 spiro atoms. The van der Waals surface area contributed by atoms with Crippen molar-refractivity contribution in [3.8, 4) is 0 Å². The number of carboxylic acids is 1. The summed E-state index contributed by atoms with van der Waals surface area (Å²) in [5.74, 6) is -1.45. The van der Waals surface area contributed by atoms with Gasteiger partial charge in [0.05, 0.1) is 0 Å². The minimum absolute atomic E-state index is 0.00682. The zero-order valence-corrected chi connectivity index (χ0v) is 12.2. The van der Waals surface area contributed by atoms with Gasteiger partial charge in [0.2, 0.25) is 5.91 Å². The van der Waals surface area contributed by atoms with E-state index in [-0.39, 0.29) is 30.7 Å². The van der Waals surface area contributed by atoms with Crippen molar-refractivity contribution < 1.29 is 19.5 Å². The Hall–Kier alpha value is -2.37. The number of anilines is 1. The first-order valence-electron chi connectivity index (χ1n) is 6.82. The molecule has 0 saturated carbocycles. The van der Waals surface area contributed by atoms with Gasteiger partial charge in [0.1, 0.15) is 0 Å². The molecule has 0 aliphatic heterocycles. The molecular formula is C15H20N2O4. The monoisotopic (exact) mass is 292 g/mol. The third-order valence-corrected chi connectivity index (χ3v) is 2.86. The molecule has 114 valence electrons. The van der Waals surface area contributed by atoms with Crippen LogP contribution in [0.25, 0.3) is 0 Å². The van der Waals surface area contributed by atoms with E-state index in [2.05, 4.69) is 10.6 Å². The maximum Gasteiger partial charge on any atom is 0.303 e. The zero-order valence-electron chi connectivity index (χ0n) is 12.2. The second-order valence-corrected chi connectivity index (χ2v) is 4.90. The second-order valence-electron chi connectivity index (χ2n) is 4.90. The molecule has 0 heterocycles. The molecular weight excluding hydrogens is 272 g/mol. The molecule has 0 fully saturated rings. The van der Waals surface area contributed by atoms with E-state index in [1.807, 2.05) is 0 Å². The van der Waals surface area contributed by atoms with Crippen LogP contribution in [0.4, 0.5) is 5.69 Å². The fourth-order valence-electron chi connectivity index (χ4n) is 1.73. The molecule has 6 heteroatoms. The topological polar surface area (TPSA) is 95.5 Å². The first kappa shape index (κ1) is 16.7. The number of carbonyl (C=O) groups is 3. The number of nitrogens with one attached hydrogen (secondary N) is 2. The van der Waals surface area contributed by atoms with Gasteiger partial charge >= 0.3 is 5.97 Å². The second kappa shape index (κ2) is 8.04. The Morgan fingerprint density at radius 1 is 1.29 bits per heavy atom. The number of hydrogen-bond donors (Lipinski definition) is 3. The van der Waals surface area contributed by atoms with Gasteiger partial charge in [-0.2, -0.15) is 0 Å². The summed E-state index contributed by atoms with van der Waals surface area (Å²) in [6.45, 7) is 3.79. The van der Waals surface area contributed by atoms with Crippen LogP contribution < -0.4 is 10.6 Å². The van der Waals surface area contributed by atoms with Gasteiger partial charge in [-0.25, -0.2) is 0 Å². The first-order valence-corrected chi connectivity index (χ1v) is 6.82. The Labute approximate surface area is 123 Å². The van der Waals surface area contributed by atoms with Crippen LogP contribution in [0.15, 0.2) is 24.3 Å².